The second kappa shape index (κ2) is 3.44. The van der Waals surface area contributed by atoms with E-state index in [0.29, 0.717) is 18.1 Å². The minimum Gasteiger partial charge on any atom is -0.369 e. The number of ether oxygens (including phenoxy) is 1. The molecule has 1 fully saturated rings. The number of hydrogen-bond donors (Lipinski definition) is 0. The minimum atomic E-state index is 0.522. The maximum atomic E-state index is 5.58. The molecule has 0 bridgehead atoms. The molecule has 0 aromatic heterocycles. The highest BCUT2D eigenvalue weighted by Gasteiger charge is 2.41. The van der Waals surface area contributed by atoms with Gasteiger partial charge in [0.15, 0.2) is 0 Å². The highest BCUT2D eigenvalue weighted by molar-refractivity contribution is 5.08. The topological polar surface area (TPSA) is 12.5 Å². The normalized spacial score (nSPS) is 39.6. The maximum Gasteiger partial charge on any atom is 0.0907 e. The summed E-state index contributed by atoms with van der Waals surface area (Å²) < 4.78 is 5.58. The minimum absolute atomic E-state index is 0.522. The Morgan fingerprint density at radius 1 is 1.33 bits per heavy atom. The first-order valence-electron chi connectivity index (χ1n) is 4.89. The van der Waals surface area contributed by atoms with E-state index in [0.717, 1.165) is 12.8 Å². The monoisotopic (exact) mass is 164 g/mol. The molecule has 0 aromatic rings. The van der Waals surface area contributed by atoms with Crippen molar-refractivity contribution in [3.8, 4) is 0 Å². The Morgan fingerprint density at radius 3 is 3.00 bits per heavy atom. The number of rotatable bonds is 2. The molecule has 1 heteroatoms. The molecular formula is C11H16O. The fraction of sp³-hybridized carbons (Fsp3) is 0.636. The first kappa shape index (κ1) is 8.06. The van der Waals surface area contributed by atoms with Crippen LogP contribution in [0.3, 0.4) is 0 Å². The maximum absolute atomic E-state index is 5.58. The molecule has 0 saturated carbocycles. The van der Waals surface area contributed by atoms with E-state index in [1.54, 1.807) is 0 Å². The lowest BCUT2D eigenvalue weighted by molar-refractivity contribution is 0.337. The molecule has 1 aliphatic heterocycles. The third-order valence-electron chi connectivity index (χ3n) is 2.68. The zero-order valence-corrected chi connectivity index (χ0v) is 7.57. The molecule has 12 heavy (non-hydrogen) atoms. The van der Waals surface area contributed by atoms with Gasteiger partial charge >= 0.3 is 0 Å². The van der Waals surface area contributed by atoms with Gasteiger partial charge in [-0.1, -0.05) is 31.2 Å². The van der Waals surface area contributed by atoms with Gasteiger partial charge in [0.2, 0.25) is 0 Å². The molecule has 0 amide bonds. The van der Waals surface area contributed by atoms with Crippen molar-refractivity contribution in [2.75, 3.05) is 0 Å². The molecule has 1 nitrogen and oxygen atoms in total. The zero-order valence-electron chi connectivity index (χ0n) is 7.57. The van der Waals surface area contributed by atoms with Crippen molar-refractivity contribution in [2.24, 2.45) is 5.92 Å². The summed E-state index contributed by atoms with van der Waals surface area (Å²) in [5.74, 6) is 0.647. The standard InChI is InChI=1S/C11H16O/c1-2-10-11(12-10)9-7-5-3-4-6-8-9/h3,5-6,8-11H,2,4,7H2,1H3. The highest BCUT2D eigenvalue weighted by atomic mass is 16.6. The summed E-state index contributed by atoms with van der Waals surface area (Å²) in [5, 5.41) is 0. The van der Waals surface area contributed by atoms with Gasteiger partial charge in [-0.05, 0) is 19.3 Å². The highest BCUT2D eigenvalue weighted by Crippen LogP contribution is 2.35. The third kappa shape index (κ3) is 1.61. The molecule has 2 rings (SSSR count). The van der Waals surface area contributed by atoms with Crippen LogP contribution in [0.25, 0.3) is 0 Å². The van der Waals surface area contributed by atoms with Crippen LogP contribution >= 0.6 is 0 Å². The van der Waals surface area contributed by atoms with Crippen LogP contribution in [0.2, 0.25) is 0 Å². The van der Waals surface area contributed by atoms with Crippen molar-refractivity contribution < 1.29 is 4.74 Å². The predicted molar refractivity (Wildman–Crippen MR) is 50.0 cm³/mol. The summed E-state index contributed by atoms with van der Waals surface area (Å²) in [6, 6.07) is 0. The van der Waals surface area contributed by atoms with Crippen LogP contribution in [0.4, 0.5) is 0 Å². The first-order valence-corrected chi connectivity index (χ1v) is 4.89. The molecule has 0 radical (unpaired) electrons. The van der Waals surface area contributed by atoms with E-state index in [4.69, 9.17) is 4.74 Å². The lowest BCUT2D eigenvalue weighted by atomic mass is 9.99. The summed E-state index contributed by atoms with van der Waals surface area (Å²) in [4.78, 5) is 0. The molecule has 1 saturated heterocycles. The van der Waals surface area contributed by atoms with Crippen LogP contribution in [0.1, 0.15) is 26.2 Å². The largest absolute Gasteiger partial charge is 0.369 e. The Bertz CT molecular complexity index is 205. The van der Waals surface area contributed by atoms with E-state index in [2.05, 4.69) is 31.2 Å². The quantitative estimate of drug-likeness (QED) is 0.451. The average Bonchev–Trinajstić information content (AvgIpc) is 2.89. The van der Waals surface area contributed by atoms with E-state index in [-0.39, 0.29) is 0 Å². The van der Waals surface area contributed by atoms with E-state index in [1.807, 2.05) is 0 Å². The van der Waals surface area contributed by atoms with E-state index in [1.165, 1.54) is 6.42 Å². The zero-order chi connectivity index (χ0) is 8.39. The fourth-order valence-corrected chi connectivity index (χ4v) is 1.87. The Hall–Kier alpha value is -0.560. The predicted octanol–water partition coefficient (Wildman–Crippen LogP) is 2.69. The molecule has 1 aliphatic carbocycles. The van der Waals surface area contributed by atoms with Gasteiger partial charge in [-0.3, -0.25) is 0 Å². The Balaban J connectivity index is 1.91. The van der Waals surface area contributed by atoms with Crippen LogP contribution in [0.5, 0.6) is 0 Å². The van der Waals surface area contributed by atoms with Crippen molar-refractivity contribution in [1.82, 2.24) is 0 Å². The molecule has 0 N–H and O–H groups in total. The lowest BCUT2D eigenvalue weighted by Gasteiger charge is -2.03. The Kier molecular flexibility index (Phi) is 2.31. The molecule has 1 heterocycles. The van der Waals surface area contributed by atoms with Crippen molar-refractivity contribution in [2.45, 2.75) is 38.4 Å². The van der Waals surface area contributed by atoms with Crippen molar-refractivity contribution >= 4 is 0 Å². The van der Waals surface area contributed by atoms with E-state index < -0.39 is 0 Å². The van der Waals surface area contributed by atoms with Crippen molar-refractivity contribution in [1.29, 1.82) is 0 Å². The van der Waals surface area contributed by atoms with Gasteiger partial charge < -0.3 is 4.74 Å². The molecule has 0 aromatic carbocycles. The second-order valence-electron chi connectivity index (χ2n) is 3.58. The van der Waals surface area contributed by atoms with Gasteiger partial charge in [0.05, 0.1) is 12.2 Å². The van der Waals surface area contributed by atoms with Crippen LogP contribution in [0.15, 0.2) is 24.3 Å². The summed E-state index contributed by atoms with van der Waals surface area (Å²) in [5.41, 5.74) is 0. The smallest absolute Gasteiger partial charge is 0.0907 e. The van der Waals surface area contributed by atoms with Crippen LogP contribution < -0.4 is 0 Å². The summed E-state index contributed by atoms with van der Waals surface area (Å²) in [6.07, 6.45) is 13.6. The van der Waals surface area contributed by atoms with Crippen molar-refractivity contribution in [3.05, 3.63) is 24.3 Å². The molecule has 0 spiro atoms. The lowest BCUT2D eigenvalue weighted by Crippen LogP contribution is -2.06. The van der Waals surface area contributed by atoms with Gasteiger partial charge in [0.1, 0.15) is 0 Å². The van der Waals surface area contributed by atoms with E-state index in [9.17, 15) is 0 Å². The fourth-order valence-electron chi connectivity index (χ4n) is 1.87. The van der Waals surface area contributed by atoms with Gasteiger partial charge in [-0.2, -0.15) is 0 Å². The third-order valence-corrected chi connectivity index (χ3v) is 2.68. The Labute approximate surface area is 74.1 Å². The van der Waals surface area contributed by atoms with Gasteiger partial charge in [-0.25, -0.2) is 0 Å². The number of allylic oxidation sites excluding steroid dienone is 3. The Morgan fingerprint density at radius 2 is 2.25 bits per heavy atom. The van der Waals surface area contributed by atoms with Crippen molar-refractivity contribution in [3.63, 3.8) is 0 Å². The number of epoxide rings is 1. The second-order valence-corrected chi connectivity index (χ2v) is 3.58. The molecule has 66 valence electrons. The number of hydrogen-bond acceptors (Lipinski definition) is 1. The molecule has 3 atom stereocenters. The summed E-state index contributed by atoms with van der Waals surface area (Å²) in [7, 11) is 0. The van der Waals surface area contributed by atoms with Gasteiger partial charge in [0, 0.05) is 5.92 Å². The van der Waals surface area contributed by atoms with Crippen LogP contribution in [0, 0.1) is 5.92 Å². The average molecular weight is 164 g/mol. The van der Waals surface area contributed by atoms with Crippen LogP contribution in [-0.4, -0.2) is 12.2 Å². The van der Waals surface area contributed by atoms with Gasteiger partial charge in [-0.15, -0.1) is 0 Å². The van der Waals surface area contributed by atoms with Crippen LogP contribution in [-0.2, 0) is 4.74 Å². The van der Waals surface area contributed by atoms with E-state index >= 15 is 0 Å². The molecular weight excluding hydrogens is 148 g/mol. The summed E-state index contributed by atoms with van der Waals surface area (Å²) in [6.45, 7) is 2.20. The summed E-state index contributed by atoms with van der Waals surface area (Å²) >= 11 is 0. The molecule has 2 aliphatic rings. The van der Waals surface area contributed by atoms with Gasteiger partial charge in [0.25, 0.3) is 0 Å². The SMILES string of the molecule is CCC1OC1C1C=CCC=CC1. The first-order chi connectivity index (χ1) is 5.92. The molecule has 3 unspecified atom stereocenters.